The van der Waals surface area contributed by atoms with E-state index >= 15 is 0 Å². The molecule has 1 aromatic carbocycles. The minimum Gasteiger partial charge on any atom is -0.433 e. The number of aliphatic imine (C=N–C) groups is 1. The number of rotatable bonds is 4. The Labute approximate surface area is 101 Å². The summed E-state index contributed by atoms with van der Waals surface area (Å²) in [4.78, 5) is 3.81. The summed E-state index contributed by atoms with van der Waals surface area (Å²) in [6.07, 6.45) is 0. The Morgan fingerprint density at radius 1 is 1.50 bits per heavy atom. The fourth-order valence-electron chi connectivity index (χ4n) is 0.958. The summed E-state index contributed by atoms with van der Waals surface area (Å²) in [5.74, 6) is -0.0313. The van der Waals surface area contributed by atoms with Gasteiger partial charge >= 0.3 is 6.61 Å². The topological polar surface area (TPSA) is 47.6 Å². The first kappa shape index (κ1) is 13.0. The number of hydrogen-bond donors (Lipinski definition) is 1. The maximum atomic E-state index is 12.1. The third-order valence-corrected chi connectivity index (χ3v) is 2.05. The van der Waals surface area contributed by atoms with E-state index in [1.165, 1.54) is 18.2 Å². The lowest BCUT2D eigenvalue weighted by Crippen LogP contribution is -2.12. The standard InChI is InChI=1S/C9H8Cl2F2N2O/c10-4-8(14)15-6-3-5(11)1-2-7(6)16-9(12)13/h1-3,9H,4H2,(H2,14,15). The van der Waals surface area contributed by atoms with E-state index in [1.54, 1.807) is 0 Å². The minimum absolute atomic E-state index is 0.0133. The van der Waals surface area contributed by atoms with Crippen LogP contribution in [-0.4, -0.2) is 18.3 Å². The number of benzene rings is 1. The number of nitrogens with zero attached hydrogens (tertiary/aromatic N) is 1. The highest BCUT2D eigenvalue weighted by atomic mass is 35.5. The first-order valence-corrected chi connectivity index (χ1v) is 5.07. The largest absolute Gasteiger partial charge is 0.433 e. The van der Waals surface area contributed by atoms with Crippen molar-refractivity contribution in [1.29, 1.82) is 0 Å². The Kier molecular flexibility index (Phi) is 4.76. The highest BCUT2D eigenvalue weighted by molar-refractivity contribution is 6.31. The third-order valence-electron chi connectivity index (χ3n) is 1.54. The van der Waals surface area contributed by atoms with Crippen LogP contribution in [0.1, 0.15) is 0 Å². The quantitative estimate of drug-likeness (QED) is 0.518. The summed E-state index contributed by atoms with van der Waals surface area (Å²) in [6, 6.07) is 4.06. The first-order valence-electron chi connectivity index (χ1n) is 4.16. The van der Waals surface area contributed by atoms with E-state index in [9.17, 15) is 8.78 Å². The SMILES string of the molecule is NC(CCl)=Nc1cc(Cl)ccc1OC(F)F. The minimum atomic E-state index is -2.94. The van der Waals surface area contributed by atoms with Gasteiger partial charge in [-0.25, -0.2) is 4.99 Å². The number of hydrogen-bond acceptors (Lipinski definition) is 2. The molecule has 0 bridgehead atoms. The maximum absolute atomic E-state index is 12.1. The molecule has 2 N–H and O–H groups in total. The van der Waals surface area contributed by atoms with E-state index in [0.717, 1.165) is 0 Å². The molecule has 0 aliphatic heterocycles. The van der Waals surface area contributed by atoms with Crippen LogP contribution in [0, 0.1) is 0 Å². The summed E-state index contributed by atoms with van der Waals surface area (Å²) in [5, 5.41) is 0.336. The smallest absolute Gasteiger partial charge is 0.387 e. The second-order valence-corrected chi connectivity index (χ2v) is 3.43. The molecule has 0 aliphatic carbocycles. The van der Waals surface area contributed by atoms with Crippen molar-refractivity contribution in [3.8, 4) is 5.75 Å². The molecule has 1 aromatic rings. The average molecular weight is 269 g/mol. The molecule has 0 saturated carbocycles. The average Bonchev–Trinajstić information content (AvgIpc) is 2.21. The summed E-state index contributed by atoms with van der Waals surface area (Å²) in [6.45, 7) is -2.94. The lowest BCUT2D eigenvalue weighted by molar-refractivity contribution is -0.0494. The number of halogens is 4. The molecule has 0 atom stereocenters. The Morgan fingerprint density at radius 3 is 2.75 bits per heavy atom. The zero-order valence-corrected chi connectivity index (χ0v) is 9.47. The van der Waals surface area contributed by atoms with Crippen LogP contribution in [0.4, 0.5) is 14.5 Å². The molecule has 0 saturated heterocycles. The molecule has 0 radical (unpaired) electrons. The molecular formula is C9H8Cl2F2N2O. The number of alkyl halides is 3. The van der Waals surface area contributed by atoms with Gasteiger partial charge in [0.2, 0.25) is 0 Å². The second-order valence-electron chi connectivity index (χ2n) is 2.73. The van der Waals surface area contributed by atoms with E-state index in [-0.39, 0.29) is 23.2 Å². The van der Waals surface area contributed by atoms with Crippen LogP contribution < -0.4 is 10.5 Å². The molecule has 1 rings (SSSR count). The van der Waals surface area contributed by atoms with Gasteiger partial charge in [-0.15, -0.1) is 11.6 Å². The maximum Gasteiger partial charge on any atom is 0.387 e. The molecule has 16 heavy (non-hydrogen) atoms. The number of nitrogens with two attached hydrogens (primary N) is 1. The molecule has 0 spiro atoms. The van der Waals surface area contributed by atoms with Crippen molar-refractivity contribution >= 4 is 34.7 Å². The molecule has 7 heteroatoms. The second kappa shape index (κ2) is 5.86. The van der Waals surface area contributed by atoms with Crippen molar-refractivity contribution in [2.75, 3.05) is 5.88 Å². The summed E-state index contributed by atoms with van der Waals surface area (Å²) < 4.78 is 28.4. The predicted octanol–water partition coefficient (Wildman–Crippen LogP) is 3.17. The van der Waals surface area contributed by atoms with E-state index in [0.29, 0.717) is 5.02 Å². The number of amidine groups is 1. The van der Waals surface area contributed by atoms with Gasteiger partial charge in [-0.2, -0.15) is 8.78 Å². The van der Waals surface area contributed by atoms with Gasteiger partial charge in [0.05, 0.1) is 5.88 Å². The van der Waals surface area contributed by atoms with Gasteiger partial charge < -0.3 is 10.5 Å². The molecule has 88 valence electrons. The lowest BCUT2D eigenvalue weighted by Gasteiger charge is -2.08. The zero-order valence-electron chi connectivity index (χ0n) is 7.96. The van der Waals surface area contributed by atoms with Crippen LogP contribution in [0.5, 0.6) is 5.75 Å². The first-order chi connectivity index (χ1) is 7.52. The normalized spacial score (nSPS) is 11.9. The van der Waals surface area contributed by atoms with Gasteiger partial charge in [-0.1, -0.05) is 11.6 Å². The van der Waals surface area contributed by atoms with Crippen molar-refractivity contribution < 1.29 is 13.5 Å². The van der Waals surface area contributed by atoms with Crippen molar-refractivity contribution in [3.63, 3.8) is 0 Å². The fraction of sp³-hybridized carbons (Fsp3) is 0.222. The van der Waals surface area contributed by atoms with Gasteiger partial charge in [-0.05, 0) is 18.2 Å². The molecule has 0 heterocycles. The van der Waals surface area contributed by atoms with Gasteiger partial charge in [0.1, 0.15) is 11.5 Å². The Bertz CT molecular complexity index is 399. The van der Waals surface area contributed by atoms with Gasteiger partial charge in [0, 0.05) is 5.02 Å². The van der Waals surface area contributed by atoms with Gasteiger partial charge in [-0.3, -0.25) is 0 Å². The third kappa shape index (κ3) is 3.83. The van der Waals surface area contributed by atoms with E-state index < -0.39 is 6.61 Å². The molecule has 0 unspecified atom stereocenters. The van der Waals surface area contributed by atoms with Crippen LogP contribution in [0.15, 0.2) is 23.2 Å². The molecule has 3 nitrogen and oxygen atoms in total. The zero-order chi connectivity index (χ0) is 12.1. The summed E-state index contributed by atoms with van der Waals surface area (Å²) >= 11 is 11.1. The van der Waals surface area contributed by atoms with Crippen molar-refractivity contribution in [1.82, 2.24) is 0 Å². The highest BCUT2D eigenvalue weighted by Crippen LogP contribution is 2.31. The Balaban J connectivity index is 3.08. The predicted molar refractivity (Wildman–Crippen MR) is 60.1 cm³/mol. The van der Waals surface area contributed by atoms with Crippen LogP contribution >= 0.6 is 23.2 Å². The van der Waals surface area contributed by atoms with Crippen molar-refractivity contribution in [2.45, 2.75) is 6.61 Å². The van der Waals surface area contributed by atoms with Crippen LogP contribution in [0.25, 0.3) is 0 Å². The molecule has 0 fully saturated rings. The monoisotopic (exact) mass is 268 g/mol. The Hall–Kier alpha value is -1.07. The van der Waals surface area contributed by atoms with Crippen molar-refractivity contribution in [3.05, 3.63) is 23.2 Å². The Morgan fingerprint density at radius 2 is 2.19 bits per heavy atom. The van der Waals surface area contributed by atoms with Crippen LogP contribution in [0.3, 0.4) is 0 Å². The summed E-state index contributed by atoms with van der Waals surface area (Å²) in [5.41, 5.74) is 5.50. The molecule has 0 aliphatic rings. The molecule has 0 amide bonds. The van der Waals surface area contributed by atoms with E-state index in [1.807, 2.05) is 0 Å². The van der Waals surface area contributed by atoms with Gasteiger partial charge in [0.15, 0.2) is 5.75 Å². The number of ether oxygens (including phenoxy) is 1. The van der Waals surface area contributed by atoms with Crippen molar-refractivity contribution in [2.24, 2.45) is 10.7 Å². The highest BCUT2D eigenvalue weighted by Gasteiger charge is 2.10. The molecule has 0 aromatic heterocycles. The van der Waals surface area contributed by atoms with E-state index in [2.05, 4.69) is 9.73 Å². The lowest BCUT2D eigenvalue weighted by atomic mass is 10.3. The van der Waals surface area contributed by atoms with Crippen LogP contribution in [0.2, 0.25) is 5.02 Å². The van der Waals surface area contributed by atoms with Gasteiger partial charge in [0.25, 0.3) is 0 Å². The molecular weight excluding hydrogens is 261 g/mol. The van der Waals surface area contributed by atoms with E-state index in [4.69, 9.17) is 28.9 Å². The fourth-order valence-corrected chi connectivity index (χ4v) is 1.18. The summed E-state index contributed by atoms with van der Waals surface area (Å²) in [7, 11) is 0. The van der Waals surface area contributed by atoms with Crippen LogP contribution in [-0.2, 0) is 0 Å².